The van der Waals surface area contributed by atoms with Crippen LogP contribution in [0.1, 0.15) is 46.5 Å². The standard InChI is InChI=1S/C14H30N2/c1-4-13-5-7-16(8-6-13)11-14(10-15)9-12(2)3/h12-14H,4-11,15H2,1-3H3. The van der Waals surface area contributed by atoms with Gasteiger partial charge in [0.2, 0.25) is 0 Å². The zero-order valence-corrected chi connectivity index (χ0v) is 11.4. The number of likely N-dealkylation sites (tertiary alicyclic amines) is 1. The van der Waals surface area contributed by atoms with Gasteiger partial charge in [-0.15, -0.1) is 0 Å². The molecule has 16 heavy (non-hydrogen) atoms. The summed E-state index contributed by atoms with van der Waals surface area (Å²) in [7, 11) is 0. The molecule has 0 radical (unpaired) electrons. The van der Waals surface area contributed by atoms with E-state index in [4.69, 9.17) is 5.73 Å². The summed E-state index contributed by atoms with van der Waals surface area (Å²) in [6.45, 7) is 11.6. The summed E-state index contributed by atoms with van der Waals surface area (Å²) in [4.78, 5) is 2.63. The van der Waals surface area contributed by atoms with E-state index in [-0.39, 0.29) is 0 Å². The maximum Gasteiger partial charge on any atom is 0.00218 e. The third kappa shape index (κ3) is 4.84. The molecule has 2 heteroatoms. The number of rotatable bonds is 6. The Labute approximate surface area is 102 Å². The fourth-order valence-corrected chi connectivity index (χ4v) is 2.85. The highest BCUT2D eigenvalue weighted by molar-refractivity contribution is 4.75. The van der Waals surface area contributed by atoms with Crippen molar-refractivity contribution in [3.63, 3.8) is 0 Å². The van der Waals surface area contributed by atoms with Gasteiger partial charge in [0.05, 0.1) is 0 Å². The van der Waals surface area contributed by atoms with Crippen molar-refractivity contribution in [3.05, 3.63) is 0 Å². The van der Waals surface area contributed by atoms with Crippen LogP contribution in [0, 0.1) is 17.8 Å². The summed E-state index contributed by atoms with van der Waals surface area (Å²) in [6, 6.07) is 0. The molecule has 1 rings (SSSR count). The molecule has 0 spiro atoms. The second-order valence-corrected chi connectivity index (χ2v) is 5.88. The van der Waals surface area contributed by atoms with Crippen LogP contribution < -0.4 is 5.73 Å². The molecule has 1 unspecified atom stereocenters. The van der Waals surface area contributed by atoms with E-state index >= 15 is 0 Å². The minimum atomic E-state index is 0.707. The summed E-state index contributed by atoms with van der Waals surface area (Å²) in [6.07, 6.45) is 5.44. The van der Waals surface area contributed by atoms with E-state index in [0.29, 0.717) is 5.92 Å². The molecule has 2 nitrogen and oxygen atoms in total. The average molecular weight is 226 g/mol. The van der Waals surface area contributed by atoms with Crippen molar-refractivity contribution in [1.29, 1.82) is 0 Å². The van der Waals surface area contributed by atoms with Crippen molar-refractivity contribution >= 4 is 0 Å². The van der Waals surface area contributed by atoms with Crippen LogP contribution in [0.2, 0.25) is 0 Å². The van der Waals surface area contributed by atoms with Gasteiger partial charge in [0.15, 0.2) is 0 Å². The summed E-state index contributed by atoms with van der Waals surface area (Å²) < 4.78 is 0. The molecule has 0 aromatic rings. The lowest BCUT2D eigenvalue weighted by atomic mass is 9.92. The fourth-order valence-electron chi connectivity index (χ4n) is 2.85. The molecule has 0 saturated carbocycles. The van der Waals surface area contributed by atoms with Crippen LogP contribution in [-0.2, 0) is 0 Å². The number of nitrogens with two attached hydrogens (primary N) is 1. The Hall–Kier alpha value is -0.0800. The van der Waals surface area contributed by atoms with Crippen LogP contribution in [0.4, 0.5) is 0 Å². The molecule has 1 atom stereocenters. The molecule has 1 aliphatic heterocycles. The molecule has 0 amide bonds. The van der Waals surface area contributed by atoms with E-state index in [1.807, 2.05) is 0 Å². The quantitative estimate of drug-likeness (QED) is 0.754. The van der Waals surface area contributed by atoms with E-state index in [1.54, 1.807) is 0 Å². The maximum atomic E-state index is 5.87. The Bertz CT molecular complexity index is 172. The number of hydrogen-bond donors (Lipinski definition) is 1. The first-order valence-corrected chi connectivity index (χ1v) is 7.08. The van der Waals surface area contributed by atoms with Gasteiger partial charge in [0, 0.05) is 6.54 Å². The highest BCUT2D eigenvalue weighted by Gasteiger charge is 2.20. The Kier molecular flexibility index (Phi) is 6.37. The van der Waals surface area contributed by atoms with Crippen LogP contribution in [0.15, 0.2) is 0 Å². The molecule has 0 aromatic heterocycles. The summed E-state index contributed by atoms with van der Waals surface area (Å²) >= 11 is 0. The van der Waals surface area contributed by atoms with Crippen molar-refractivity contribution in [2.24, 2.45) is 23.5 Å². The predicted octanol–water partition coefficient (Wildman–Crippen LogP) is 2.73. The zero-order chi connectivity index (χ0) is 12.0. The molecule has 0 aliphatic carbocycles. The van der Waals surface area contributed by atoms with Crippen molar-refractivity contribution in [3.8, 4) is 0 Å². The molecular formula is C14H30N2. The number of nitrogens with zero attached hydrogens (tertiary/aromatic N) is 1. The van der Waals surface area contributed by atoms with Gasteiger partial charge in [-0.05, 0) is 56.7 Å². The lowest BCUT2D eigenvalue weighted by Crippen LogP contribution is -2.39. The lowest BCUT2D eigenvalue weighted by molar-refractivity contribution is 0.153. The molecule has 1 fully saturated rings. The normalized spacial score (nSPS) is 21.6. The summed E-state index contributed by atoms with van der Waals surface area (Å²) in [5, 5.41) is 0. The van der Waals surface area contributed by atoms with Gasteiger partial charge in [0.1, 0.15) is 0 Å². The zero-order valence-electron chi connectivity index (χ0n) is 11.4. The van der Waals surface area contributed by atoms with Crippen LogP contribution in [-0.4, -0.2) is 31.1 Å². The Balaban J connectivity index is 2.25. The van der Waals surface area contributed by atoms with Crippen LogP contribution in [0.25, 0.3) is 0 Å². The highest BCUT2D eigenvalue weighted by atomic mass is 15.1. The average Bonchev–Trinajstić information content (AvgIpc) is 2.28. The largest absolute Gasteiger partial charge is 0.330 e. The topological polar surface area (TPSA) is 29.3 Å². The van der Waals surface area contributed by atoms with Gasteiger partial charge in [-0.2, -0.15) is 0 Å². The van der Waals surface area contributed by atoms with Crippen molar-refractivity contribution < 1.29 is 0 Å². The smallest absolute Gasteiger partial charge is 0.00218 e. The highest BCUT2D eigenvalue weighted by Crippen LogP contribution is 2.21. The predicted molar refractivity (Wildman–Crippen MR) is 71.5 cm³/mol. The van der Waals surface area contributed by atoms with E-state index < -0.39 is 0 Å². The SMILES string of the molecule is CCC1CCN(CC(CN)CC(C)C)CC1. The third-order valence-electron chi connectivity index (χ3n) is 3.94. The van der Waals surface area contributed by atoms with Gasteiger partial charge in [-0.25, -0.2) is 0 Å². The molecule has 0 aromatic carbocycles. The number of piperidine rings is 1. The first kappa shape index (κ1) is 14.0. The van der Waals surface area contributed by atoms with Gasteiger partial charge < -0.3 is 10.6 Å². The second-order valence-electron chi connectivity index (χ2n) is 5.88. The number of hydrogen-bond acceptors (Lipinski definition) is 2. The molecule has 1 saturated heterocycles. The van der Waals surface area contributed by atoms with E-state index in [2.05, 4.69) is 25.7 Å². The van der Waals surface area contributed by atoms with Gasteiger partial charge in [-0.3, -0.25) is 0 Å². The van der Waals surface area contributed by atoms with E-state index in [1.165, 1.54) is 45.3 Å². The summed E-state index contributed by atoms with van der Waals surface area (Å²) in [5.41, 5.74) is 5.87. The Morgan fingerprint density at radius 3 is 2.31 bits per heavy atom. The minimum Gasteiger partial charge on any atom is -0.330 e. The first-order chi connectivity index (χ1) is 7.65. The second kappa shape index (κ2) is 7.29. The van der Waals surface area contributed by atoms with E-state index in [9.17, 15) is 0 Å². The van der Waals surface area contributed by atoms with Gasteiger partial charge in [0.25, 0.3) is 0 Å². The van der Waals surface area contributed by atoms with Crippen LogP contribution >= 0.6 is 0 Å². The van der Waals surface area contributed by atoms with Crippen LogP contribution in [0.5, 0.6) is 0 Å². The van der Waals surface area contributed by atoms with Crippen molar-refractivity contribution in [1.82, 2.24) is 4.90 Å². The minimum absolute atomic E-state index is 0.707. The van der Waals surface area contributed by atoms with Crippen molar-refractivity contribution in [2.45, 2.75) is 46.5 Å². The molecule has 1 heterocycles. The van der Waals surface area contributed by atoms with Gasteiger partial charge >= 0.3 is 0 Å². The van der Waals surface area contributed by atoms with Crippen molar-refractivity contribution in [2.75, 3.05) is 26.2 Å². The molecule has 2 N–H and O–H groups in total. The monoisotopic (exact) mass is 226 g/mol. The lowest BCUT2D eigenvalue weighted by Gasteiger charge is -2.34. The van der Waals surface area contributed by atoms with Gasteiger partial charge in [-0.1, -0.05) is 27.2 Å². The molecule has 0 bridgehead atoms. The maximum absolute atomic E-state index is 5.87. The molecular weight excluding hydrogens is 196 g/mol. The Morgan fingerprint density at radius 2 is 1.88 bits per heavy atom. The third-order valence-corrected chi connectivity index (χ3v) is 3.94. The molecule has 1 aliphatic rings. The fraction of sp³-hybridized carbons (Fsp3) is 1.00. The first-order valence-electron chi connectivity index (χ1n) is 7.08. The Morgan fingerprint density at radius 1 is 1.25 bits per heavy atom. The molecule has 96 valence electrons. The summed E-state index contributed by atoms with van der Waals surface area (Å²) in [5.74, 6) is 2.47. The van der Waals surface area contributed by atoms with E-state index in [0.717, 1.165) is 18.4 Å². The van der Waals surface area contributed by atoms with Crippen LogP contribution in [0.3, 0.4) is 0 Å².